The Morgan fingerprint density at radius 3 is 2.71 bits per heavy atom. The molecule has 21 heavy (non-hydrogen) atoms. The standard InChI is InChI=1S/C16H16FNO3/c1-2-21-12-7-5-6-11(10-12)15(16(19)20)18-14-9-4-3-8-13(14)17/h3-10,15,18H,2H2,1H3,(H,19,20). The third-order valence-electron chi connectivity index (χ3n) is 2.92. The van der Waals surface area contributed by atoms with Gasteiger partial charge >= 0.3 is 5.97 Å². The molecule has 0 bridgehead atoms. The maximum Gasteiger partial charge on any atom is 0.330 e. The molecule has 0 saturated heterocycles. The van der Waals surface area contributed by atoms with E-state index in [9.17, 15) is 14.3 Å². The van der Waals surface area contributed by atoms with Crippen LogP contribution in [0.15, 0.2) is 48.5 Å². The van der Waals surface area contributed by atoms with Crippen molar-refractivity contribution in [2.75, 3.05) is 11.9 Å². The Labute approximate surface area is 122 Å². The van der Waals surface area contributed by atoms with E-state index in [4.69, 9.17) is 4.74 Å². The van der Waals surface area contributed by atoms with Crippen LogP contribution in [-0.4, -0.2) is 17.7 Å². The summed E-state index contributed by atoms with van der Waals surface area (Å²) in [5.41, 5.74) is 0.642. The molecule has 0 fully saturated rings. The highest BCUT2D eigenvalue weighted by atomic mass is 19.1. The summed E-state index contributed by atoms with van der Waals surface area (Å²) in [6.07, 6.45) is 0. The van der Waals surface area contributed by atoms with Crippen molar-refractivity contribution in [3.8, 4) is 5.75 Å². The summed E-state index contributed by atoms with van der Waals surface area (Å²) in [5, 5.41) is 12.1. The lowest BCUT2D eigenvalue weighted by Gasteiger charge is -2.17. The van der Waals surface area contributed by atoms with E-state index >= 15 is 0 Å². The fourth-order valence-electron chi connectivity index (χ4n) is 1.97. The Balaban J connectivity index is 2.29. The zero-order valence-corrected chi connectivity index (χ0v) is 11.5. The normalized spacial score (nSPS) is 11.7. The fourth-order valence-corrected chi connectivity index (χ4v) is 1.97. The number of anilines is 1. The van der Waals surface area contributed by atoms with Crippen LogP contribution < -0.4 is 10.1 Å². The second-order valence-corrected chi connectivity index (χ2v) is 4.40. The number of nitrogens with one attached hydrogen (secondary N) is 1. The van der Waals surface area contributed by atoms with Crippen LogP contribution in [0, 0.1) is 5.82 Å². The van der Waals surface area contributed by atoms with Crippen molar-refractivity contribution in [2.24, 2.45) is 0 Å². The Morgan fingerprint density at radius 1 is 1.29 bits per heavy atom. The maximum atomic E-state index is 13.6. The summed E-state index contributed by atoms with van der Waals surface area (Å²) in [4.78, 5) is 11.5. The Hall–Kier alpha value is -2.56. The molecule has 2 aromatic carbocycles. The first-order chi connectivity index (χ1) is 10.1. The van der Waals surface area contributed by atoms with Gasteiger partial charge in [0.05, 0.1) is 12.3 Å². The first kappa shape index (κ1) is 14.8. The molecule has 0 amide bonds. The van der Waals surface area contributed by atoms with Gasteiger partial charge in [-0.3, -0.25) is 0 Å². The van der Waals surface area contributed by atoms with Gasteiger partial charge < -0.3 is 15.2 Å². The summed E-state index contributed by atoms with van der Waals surface area (Å²) in [6.45, 7) is 2.33. The zero-order chi connectivity index (χ0) is 15.2. The van der Waals surface area contributed by atoms with E-state index in [2.05, 4.69) is 5.32 Å². The molecule has 2 aromatic rings. The second-order valence-electron chi connectivity index (χ2n) is 4.40. The molecule has 1 unspecified atom stereocenters. The van der Waals surface area contributed by atoms with Crippen LogP contribution in [0.1, 0.15) is 18.5 Å². The SMILES string of the molecule is CCOc1cccc(C(Nc2ccccc2F)C(=O)O)c1. The number of para-hydroxylation sites is 1. The minimum atomic E-state index is -1.09. The van der Waals surface area contributed by atoms with Crippen molar-refractivity contribution in [2.45, 2.75) is 13.0 Å². The van der Waals surface area contributed by atoms with Crippen LogP contribution >= 0.6 is 0 Å². The van der Waals surface area contributed by atoms with E-state index in [0.717, 1.165) is 0 Å². The van der Waals surface area contributed by atoms with Crippen LogP contribution in [0.4, 0.5) is 10.1 Å². The highest BCUT2D eigenvalue weighted by molar-refractivity contribution is 5.79. The monoisotopic (exact) mass is 289 g/mol. The molecule has 0 spiro atoms. The Kier molecular flexibility index (Phi) is 4.77. The summed E-state index contributed by atoms with van der Waals surface area (Å²) < 4.78 is 19.0. The lowest BCUT2D eigenvalue weighted by Crippen LogP contribution is -2.21. The number of hydrogen-bond acceptors (Lipinski definition) is 3. The molecule has 0 aliphatic heterocycles. The third kappa shape index (κ3) is 3.72. The highest BCUT2D eigenvalue weighted by Crippen LogP contribution is 2.25. The Bertz CT molecular complexity index is 630. The minimum Gasteiger partial charge on any atom is -0.494 e. The topological polar surface area (TPSA) is 58.6 Å². The van der Waals surface area contributed by atoms with Gasteiger partial charge in [-0.25, -0.2) is 9.18 Å². The molecule has 0 radical (unpaired) electrons. The fraction of sp³-hybridized carbons (Fsp3) is 0.188. The molecule has 2 N–H and O–H groups in total. The molecule has 2 rings (SSSR count). The number of halogens is 1. The maximum absolute atomic E-state index is 13.6. The zero-order valence-electron chi connectivity index (χ0n) is 11.5. The third-order valence-corrected chi connectivity index (χ3v) is 2.92. The van der Waals surface area contributed by atoms with Crippen molar-refractivity contribution < 1.29 is 19.0 Å². The molecular weight excluding hydrogens is 273 g/mol. The van der Waals surface area contributed by atoms with Crippen molar-refractivity contribution >= 4 is 11.7 Å². The number of aliphatic carboxylic acids is 1. The minimum absolute atomic E-state index is 0.145. The number of carboxylic acid groups (broad SMARTS) is 1. The number of hydrogen-bond donors (Lipinski definition) is 2. The van der Waals surface area contributed by atoms with E-state index in [1.165, 1.54) is 12.1 Å². The van der Waals surface area contributed by atoms with E-state index in [1.807, 2.05) is 6.92 Å². The number of carbonyl (C=O) groups is 1. The number of benzene rings is 2. The molecule has 1 atom stereocenters. The van der Waals surface area contributed by atoms with E-state index in [1.54, 1.807) is 36.4 Å². The first-order valence-electron chi connectivity index (χ1n) is 6.58. The molecule has 0 heterocycles. The molecule has 0 aromatic heterocycles. The molecule has 110 valence electrons. The lowest BCUT2D eigenvalue weighted by atomic mass is 10.1. The van der Waals surface area contributed by atoms with Gasteiger partial charge in [0, 0.05) is 0 Å². The highest BCUT2D eigenvalue weighted by Gasteiger charge is 2.21. The van der Waals surface area contributed by atoms with Gasteiger partial charge in [0.15, 0.2) is 6.04 Å². The van der Waals surface area contributed by atoms with Crippen LogP contribution in [0.2, 0.25) is 0 Å². The predicted molar refractivity (Wildman–Crippen MR) is 78.0 cm³/mol. The van der Waals surface area contributed by atoms with Crippen molar-refractivity contribution in [3.63, 3.8) is 0 Å². The molecule has 5 heteroatoms. The number of ether oxygens (including phenoxy) is 1. The van der Waals surface area contributed by atoms with Crippen LogP contribution in [0.5, 0.6) is 5.75 Å². The number of carboxylic acids is 1. The van der Waals surface area contributed by atoms with Crippen molar-refractivity contribution in [1.82, 2.24) is 0 Å². The van der Waals surface area contributed by atoms with Gasteiger partial charge in [-0.15, -0.1) is 0 Å². The smallest absolute Gasteiger partial charge is 0.330 e. The van der Waals surface area contributed by atoms with Gasteiger partial charge in [0.1, 0.15) is 11.6 Å². The van der Waals surface area contributed by atoms with Crippen molar-refractivity contribution in [3.05, 3.63) is 59.9 Å². The summed E-state index contributed by atoms with van der Waals surface area (Å²) in [5.74, 6) is -1.01. The van der Waals surface area contributed by atoms with E-state index < -0.39 is 17.8 Å². The molecule has 0 aliphatic rings. The van der Waals surface area contributed by atoms with Gasteiger partial charge in [0.25, 0.3) is 0 Å². The summed E-state index contributed by atoms with van der Waals surface area (Å²) in [7, 11) is 0. The van der Waals surface area contributed by atoms with Crippen LogP contribution in [-0.2, 0) is 4.79 Å². The van der Waals surface area contributed by atoms with Gasteiger partial charge in [-0.1, -0.05) is 24.3 Å². The van der Waals surface area contributed by atoms with Gasteiger partial charge in [-0.05, 0) is 36.8 Å². The van der Waals surface area contributed by atoms with Crippen LogP contribution in [0.3, 0.4) is 0 Å². The summed E-state index contributed by atoms with van der Waals surface area (Å²) in [6, 6.07) is 11.7. The van der Waals surface area contributed by atoms with Crippen LogP contribution in [0.25, 0.3) is 0 Å². The van der Waals surface area contributed by atoms with E-state index in [-0.39, 0.29) is 5.69 Å². The first-order valence-corrected chi connectivity index (χ1v) is 6.58. The molecule has 0 saturated carbocycles. The molecule has 4 nitrogen and oxygen atoms in total. The number of rotatable bonds is 6. The lowest BCUT2D eigenvalue weighted by molar-refractivity contribution is -0.138. The quantitative estimate of drug-likeness (QED) is 0.855. The average Bonchev–Trinajstić information content (AvgIpc) is 2.46. The van der Waals surface area contributed by atoms with Gasteiger partial charge in [0.2, 0.25) is 0 Å². The summed E-state index contributed by atoms with van der Waals surface area (Å²) >= 11 is 0. The predicted octanol–water partition coefficient (Wildman–Crippen LogP) is 3.46. The Morgan fingerprint density at radius 2 is 2.05 bits per heavy atom. The largest absolute Gasteiger partial charge is 0.494 e. The second kappa shape index (κ2) is 6.74. The molecule has 0 aliphatic carbocycles. The average molecular weight is 289 g/mol. The van der Waals surface area contributed by atoms with Crippen molar-refractivity contribution in [1.29, 1.82) is 0 Å². The van der Waals surface area contributed by atoms with Gasteiger partial charge in [-0.2, -0.15) is 0 Å². The molecular formula is C16H16FNO3. The van der Waals surface area contributed by atoms with E-state index in [0.29, 0.717) is 17.9 Å².